The molecule has 1 amide bonds. The summed E-state index contributed by atoms with van der Waals surface area (Å²) in [4.78, 5) is 12.8. The van der Waals surface area contributed by atoms with Crippen molar-refractivity contribution in [1.29, 1.82) is 0 Å². The average Bonchev–Trinajstić information content (AvgIpc) is 2.86. The molecule has 1 unspecified atom stereocenters. The molecule has 2 heterocycles. The van der Waals surface area contributed by atoms with E-state index in [4.69, 9.17) is 0 Å². The zero-order chi connectivity index (χ0) is 13.4. The summed E-state index contributed by atoms with van der Waals surface area (Å²) >= 11 is 0. The average molecular weight is 264 g/mol. The van der Waals surface area contributed by atoms with Gasteiger partial charge in [0.1, 0.15) is 0 Å². The second kappa shape index (κ2) is 4.19. The molecule has 18 heavy (non-hydrogen) atoms. The van der Waals surface area contributed by atoms with Crippen molar-refractivity contribution in [2.75, 3.05) is 18.4 Å². The van der Waals surface area contributed by atoms with Crippen LogP contribution in [0.5, 0.6) is 0 Å². The molecule has 0 aromatic carbocycles. The molecule has 0 radical (unpaired) electrons. The molecule has 0 spiro atoms. The number of amides is 1. The van der Waals surface area contributed by atoms with Gasteiger partial charge in [-0.2, -0.15) is 18.0 Å². The fourth-order valence-electron chi connectivity index (χ4n) is 1.81. The molecule has 1 atom stereocenters. The Morgan fingerprint density at radius 3 is 2.72 bits per heavy atom. The minimum atomic E-state index is -4.62. The highest BCUT2D eigenvalue weighted by atomic mass is 19.4. The molecule has 2 rings (SSSR count). The Hall–Kier alpha value is -1.71. The van der Waals surface area contributed by atoms with Crippen LogP contribution in [0.3, 0.4) is 0 Å². The molecule has 1 aromatic rings. The fourth-order valence-corrected chi connectivity index (χ4v) is 1.81. The summed E-state index contributed by atoms with van der Waals surface area (Å²) in [5.74, 6) is -1.40. The normalized spacial score (nSPS) is 24.2. The smallest absolute Gasteiger partial charge is 0.315 e. The monoisotopic (exact) mass is 264 g/mol. The van der Waals surface area contributed by atoms with E-state index in [2.05, 4.69) is 20.7 Å². The molecule has 0 aliphatic carbocycles. The molecule has 7 nitrogen and oxygen atoms in total. The van der Waals surface area contributed by atoms with Gasteiger partial charge in [-0.15, -0.1) is 5.10 Å². The number of aromatic nitrogens is 4. The Morgan fingerprint density at radius 2 is 2.28 bits per heavy atom. The van der Waals surface area contributed by atoms with Gasteiger partial charge < -0.3 is 5.32 Å². The van der Waals surface area contributed by atoms with Gasteiger partial charge in [0, 0.05) is 6.54 Å². The number of nitrogens with zero attached hydrogens (tertiary/aromatic N) is 4. The summed E-state index contributed by atoms with van der Waals surface area (Å²) in [6, 6.07) is 0. The van der Waals surface area contributed by atoms with Crippen LogP contribution in [0, 0.1) is 5.41 Å². The Morgan fingerprint density at radius 1 is 1.56 bits per heavy atom. The number of halogens is 3. The van der Waals surface area contributed by atoms with E-state index in [-0.39, 0.29) is 18.9 Å². The third-order valence-corrected chi connectivity index (χ3v) is 2.87. The summed E-state index contributed by atoms with van der Waals surface area (Å²) < 4.78 is 39.0. The third kappa shape index (κ3) is 2.03. The standard InChI is InChI=1S/C8H11F3N6O/c1-17-15-6(14-16-17)13-5(18)7(8(9,10)11)2-3-12-4-7/h12H,2-4H2,1H3,(H,13,15,18). The predicted molar refractivity (Wildman–Crippen MR) is 53.4 cm³/mol. The number of rotatable bonds is 2. The topological polar surface area (TPSA) is 84.7 Å². The molecule has 1 aliphatic heterocycles. The Balaban J connectivity index is 2.20. The van der Waals surface area contributed by atoms with Gasteiger partial charge in [-0.1, -0.05) is 5.10 Å². The van der Waals surface area contributed by atoms with Crippen molar-refractivity contribution in [2.45, 2.75) is 12.6 Å². The van der Waals surface area contributed by atoms with E-state index >= 15 is 0 Å². The van der Waals surface area contributed by atoms with E-state index in [0.717, 1.165) is 4.80 Å². The Kier molecular flexibility index (Phi) is 2.97. The van der Waals surface area contributed by atoms with Crippen molar-refractivity contribution in [1.82, 2.24) is 25.5 Å². The zero-order valence-electron chi connectivity index (χ0n) is 9.45. The van der Waals surface area contributed by atoms with Gasteiger partial charge in [-0.3, -0.25) is 10.1 Å². The molecule has 0 bridgehead atoms. The second-order valence-corrected chi connectivity index (χ2v) is 4.06. The molecule has 100 valence electrons. The summed E-state index contributed by atoms with van der Waals surface area (Å²) in [5, 5.41) is 15.1. The number of anilines is 1. The quantitative estimate of drug-likeness (QED) is 0.765. The third-order valence-electron chi connectivity index (χ3n) is 2.87. The lowest BCUT2D eigenvalue weighted by Gasteiger charge is -2.28. The SMILES string of the molecule is Cn1nnc(NC(=O)C2(C(F)(F)F)CCNC2)n1. The molecule has 1 aromatic heterocycles. The van der Waals surface area contributed by atoms with Gasteiger partial charge in [-0.25, -0.2) is 0 Å². The lowest BCUT2D eigenvalue weighted by Crippen LogP contribution is -2.49. The molecule has 10 heteroatoms. The molecule has 1 saturated heterocycles. The first-order valence-corrected chi connectivity index (χ1v) is 5.18. The predicted octanol–water partition coefficient (Wildman–Crippen LogP) is -0.309. The van der Waals surface area contributed by atoms with E-state index in [9.17, 15) is 18.0 Å². The first-order chi connectivity index (χ1) is 8.35. The molecular weight excluding hydrogens is 253 g/mol. The van der Waals surface area contributed by atoms with E-state index in [1.165, 1.54) is 7.05 Å². The van der Waals surface area contributed by atoms with Crippen LogP contribution in [0.25, 0.3) is 0 Å². The molecular formula is C8H11F3N6O. The highest BCUT2D eigenvalue weighted by Gasteiger charge is 2.61. The number of hydrogen-bond donors (Lipinski definition) is 2. The van der Waals surface area contributed by atoms with Crippen molar-refractivity contribution in [3.63, 3.8) is 0 Å². The number of tetrazole rings is 1. The van der Waals surface area contributed by atoms with Crippen LogP contribution in [-0.2, 0) is 11.8 Å². The summed E-state index contributed by atoms with van der Waals surface area (Å²) in [6.07, 6.45) is -4.93. The lowest BCUT2D eigenvalue weighted by molar-refractivity contribution is -0.213. The van der Waals surface area contributed by atoms with Gasteiger partial charge in [-0.05, 0) is 18.2 Å². The van der Waals surface area contributed by atoms with Crippen LogP contribution in [0.2, 0.25) is 0 Å². The van der Waals surface area contributed by atoms with Crippen LogP contribution >= 0.6 is 0 Å². The molecule has 2 N–H and O–H groups in total. The number of carbonyl (C=O) groups is 1. The van der Waals surface area contributed by atoms with Gasteiger partial charge in [0.05, 0.1) is 7.05 Å². The minimum Gasteiger partial charge on any atom is -0.315 e. The van der Waals surface area contributed by atoms with E-state index < -0.39 is 24.0 Å². The molecule has 0 saturated carbocycles. The first-order valence-electron chi connectivity index (χ1n) is 5.18. The number of nitrogens with one attached hydrogen (secondary N) is 2. The van der Waals surface area contributed by atoms with Crippen molar-refractivity contribution in [3.05, 3.63) is 0 Å². The maximum absolute atomic E-state index is 13.0. The van der Waals surface area contributed by atoms with Gasteiger partial charge in [0.25, 0.3) is 5.95 Å². The summed E-state index contributed by atoms with van der Waals surface area (Å²) in [6.45, 7) is -0.302. The minimum absolute atomic E-state index is 0.140. The maximum atomic E-state index is 13.0. The molecule has 1 fully saturated rings. The maximum Gasteiger partial charge on any atom is 0.404 e. The van der Waals surface area contributed by atoms with Crippen molar-refractivity contribution in [3.8, 4) is 0 Å². The lowest BCUT2D eigenvalue weighted by atomic mass is 9.85. The first kappa shape index (κ1) is 12.7. The highest BCUT2D eigenvalue weighted by molar-refractivity contribution is 5.95. The van der Waals surface area contributed by atoms with Crippen LogP contribution in [-0.4, -0.2) is 45.4 Å². The Bertz CT molecular complexity index is 450. The van der Waals surface area contributed by atoms with Crippen molar-refractivity contribution in [2.24, 2.45) is 12.5 Å². The van der Waals surface area contributed by atoms with Gasteiger partial charge in [0.2, 0.25) is 5.91 Å². The Labute approximate surface area is 99.7 Å². The number of alkyl halides is 3. The van der Waals surface area contributed by atoms with Crippen LogP contribution < -0.4 is 10.6 Å². The van der Waals surface area contributed by atoms with Crippen molar-refractivity contribution >= 4 is 11.9 Å². The molecule has 1 aliphatic rings. The highest BCUT2D eigenvalue weighted by Crippen LogP contribution is 2.43. The van der Waals surface area contributed by atoms with Crippen LogP contribution in [0.4, 0.5) is 19.1 Å². The number of hydrogen-bond acceptors (Lipinski definition) is 5. The number of carbonyl (C=O) groups excluding carboxylic acids is 1. The van der Waals surface area contributed by atoms with Gasteiger partial charge >= 0.3 is 6.18 Å². The summed E-state index contributed by atoms with van der Waals surface area (Å²) in [5.41, 5.74) is -2.42. The zero-order valence-corrected chi connectivity index (χ0v) is 9.45. The van der Waals surface area contributed by atoms with Crippen molar-refractivity contribution < 1.29 is 18.0 Å². The van der Waals surface area contributed by atoms with Gasteiger partial charge in [0.15, 0.2) is 5.41 Å². The van der Waals surface area contributed by atoms with Crippen LogP contribution in [0.15, 0.2) is 0 Å². The van der Waals surface area contributed by atoms with E-state index in [0.29, 0.717) is 0 Å². The largest absolute Gasteiger partial charge is 0.404 e. The fraction of sp³-hybridized carbons (Fsp3) is 0.750. The van der Waals surface area contributed by atoms with Crippen LogP contribution in [0.1, 0.15) is 6.42 Å². The second-order valence-electron chi connectivity index (χ2n) is 4.06. The van der Waals surface area contributed by atoms with E-state index in [1.54, 1.807) is 0 Å². The summed E-state index contributed by atoms with van der Waals surface area (Å²) in [7, 11) is 1.44. The number of aryl methyl sites for hydroxylation is 1. The van der Waals surface area contributed by atoms with E-state index in [1.807, 2.05) is 5.32 Å².